The lowest BCUT2D eigenvalue weighted by molar-refractivity contribution is 0.148. The predicted molar refractivity (Wildman–Crippen MR) is 90.2 cm³/mol. The van der Waals surface area contributed by atoms with Gasteiger partial charge in [-0.2, -0.15) is 0 Å². The van der Waals surface area contributed by atoms with E-state index in [0.717, 1.165) is 18.4 Å². The van der Waals surface area contributed by atoms with Gasteiger partial charge in [0.15, 0.2) is 0 Å². The van der Waals surface area contributed by atoms with Crippen molar-refractivity contribution in [1.82, 2.24) is 10.2 Å². The summed E-state index contributed by atoms with van der Waals surface area (Å²) in [4.78, 5) is 2.46. The van der Waals surface area contributed by atoms with Gasteiger partial charge >= 0.3 is 0 Å². The highest BCUT2D eigenvalue weighted by Crippen LogP contribution is 2.39. The second-order valence-corrected chi connectivity index (χ2v) is 8.03. The van der Waals surface area contributed by atoms with Gasteiger partial charge in [-0.1, -0.05) is 27.7 Å². The van der Waals surface area contributed by atoms with Crippen LogP contribution in [0.1, 0.15) is 66.7 Å². The van der Waals surface area contributed by atoms with Gasteiger partial charge in [-0.05, 0) is 69.9 Å². The van der Waals surface area contributed by atoms with Crippen LogP contribution in [0, 0.1) is 17.3 Å². The number of rotatable bonds is 7. The maximum Gasteiger partial charge on any atom is 0.0107 e. The summed E-state index contributed by atoms with van der Waals surface area (Å²) in [6, 6.07) is 0.707. The van der Waals surface area contributed by atoms with Crippen LogP contribution < -0.4 is 5.32 Å². The van der Waals surface area contributed by atoms with Crippen LogP contribution in [0.5, 0.6) is 0 Å². The Labute approximate surface area is 127 Å². The molecule has 0 saturated heterocycles. The highest BCUT2D eigenvalue weighted by Gasteiger charge is 2.29. The number of nitrogens with one attached hydrogen (secondary N) is 1. The first-order chi connectivity index (χ1) is 9.34. The van der Waals surface area contributed by atoms with Gasteiger partial charge in [-0.15, -0.1) is 0 Å². The molecule has 1 aliphatic carbocycles. The van der Waals surface area contributed by atoms with Gasteiger partial charge < -0.3 is 10.2 Å². The zero-order valence-corrected chi connectivity index (χ0v) is 14.8. The van der Waals surface area contributed by atoms with Gasteiger partial charge in [0.2, 0.25) is 0 Å². The van der Waals surface area contributed by atoms with E-state index in [0.29, 0.717) is 11.5 Å². The summed E-state index contributed by atoms with van der Waals surface area (Å²) in [6.07, 6.45) is 6.96. The molecule has 0 aliphatic heterocycles. The SMILES string of the molecule is CCC(C)N(C)CCNCC1CCC(C(C)(C)C)CC1. The zero-order chi connectivity index (χ0) is 15.2. The first-order valence-electron chi connectivity index (χ1n) is 8.75. The minimum Gasteiger partial charge on any atom is -0.315 e. The molecule has 0 bridgehead atoms. The van der Waals surface area contributed by atoms with Gasteiger partial charge in [-0.25, -0.2) is 0 Å². The van der Waals surface area contributed by atoms with Gasteiger partial charge in [0.05, 0.1) is 0 Å². The summed E-state index contributed by atoms with van der Waals surface area (Å²) >= 11 is 0. The van der Waals surface area contributed by atoms with Crippen LogP contribution >= 0.6 is 0 Å². The molecule has 0 aromatic rings. The van der Waals surface area contributed by atoms with Crippen LogP contribution in [0.3, 0.4) is 0 Å². The van der Waals surface area contributed by atoms with E-state index >= 15 is 0 Å². The molecule has 1 aliphatic rings. The van der Waals surface area contributed by atoms with E-state index in [2.05, 4.69) is 51.9 Å². The Morgan fingerprint density at radius 3 is 2.25 bits per heavy atom. The number of hydrogen-bond donors (Lipinski definition) is 1. The van der Waals surface area contributed by atoms with Crippen molar-refractivity contribution in [3.63, 3.8) is 0 Å². The Morgan fingerprint density at radius 1 is 1.15 bits per heavy atom. The molecule has 1 unspecified atom stereocenters. The molecule has 1 saturated carbocycles. The molecule has 120 valence electrons. The minimum absolute atomic E-state index is 0.511. The molecule has 0 aromatic carbocycles. The van der Waals surface area contributed by atoms with Crippen molar-refractivity contribution in [3.05, 3.63) is 0 Å². The number of likely N-dealkylation sites (N-methyl/N-ethyl adjacent to an activating group) is 1. The Hall–Kier alpha value is -0.0800. The second-order valence-electron chi connectivity index (χ2n) is 8.03. The van der Waals surface area contributed by atoms with E-state index in [1.807, 2.05) is 0 Å². The van der Waals surface area contributed by atoms with Crippen LogP contribution in [-0.4, -0.2) is 37.6 Å². The van der Waals surface area contributed by atoms with Crippen LogP contribution in [0.4, 0.5) is 0 Å². The summed E-state index contributed by atoms with van der Waals surface area (Å²) < 4.78 is 0. The third-order valence-corrected chi connectivity index (χ3v) is 5.49. The molecule has 1 atom stereocenters. The standard InChI is InChI=1S/C18H38N2/c1-7-15(2)20(6)13-12-19-14-16-8-10-17(11-9-16)18(3,4)5/h15-17,19H,7-14H2,1-6H3. The Balaban J connectivity index is 2.10. The molecule has 20 heavy (non-hydrogen) atoms. The summed E-state index contributed by atoms with van der Waals surface area (Å²) in [5.41, 5.74) is 0.511. The monoisotopic (exact) mass is 282 g/mol. The first kappa shape index (κ1) is 18.0. The van der Waals surface area contributed by atoms with E-state index in [1.54, 1.807) is 0 Å². The topological polar surface area (TPSA) is 15.3 Å². The molecule has 2 heteroatoms. The summed E-state index contributed by atoms with van der Waals surface area (Å²) in [6.45, 7) is 15.3. The number of nitrogens with zero attached hydrogens (tertiary/aromatic N) is 1. The highest BCUT2D eigenvalue weighted by molar-refractivity contribution is 4.81. The van der Waals surface area contributed by atoms with Crippen molar-refractivity contribution in [1.29, 1.82) is 0 Å². The first-order valence-corrected chi connectivity index (χ1v) is 8.75. The second kappa shape index (κ2) is 8.38. The lowest BCUT2D eigenvalue weighted by Crippen LogP contribution is -2.37. The maximum atomic E-state index is 3.68. The molecule has 1 rings (SSSR count). The third-order valence-electron chi connectivity index (χ3n) is 5.49. The van der Waals surface area contributed by atoms with Crippen LogP contribution in [0.15, 0.2) is 0 Å². The molecule has 0 radical (unpaired) electrons. The summed E-state index contributed by atoms with van der Waals surface area (Å²) in [5, 5.41) is 3.68. The van der Waals surface area contributed by atoms with Crippen molar-refractivity contribution in [2.45, 2.75) is 72.8 Å². The summed E-state index contributed by atoms with van der Waals surface area (Å²) in [5.74, 6) is 1.86. The van der Waals surface area contributed by atoms with Crippen molar-refractivity contribution in [2.75, 3.05) is 26.7 Å². The van der Waals surface area contributed by atoms with Crippen LogP contribution in [0.2, 0.25) is 0 Å². The van der Waals surface area contributed by atoms with Crippen LogP contribution in [0.25, 0.3) is 0 Å². The van der Waals surface area contributed by atoms with Gasteiger partial charge in [0.25, 0.3) is 0 Å². The summed E-state index contributed by atoms with van der Waals surface area (Å²) in [7, 11) is 2.24. The molecule has 2 nitrogen and oxygen atoms in total. The average Bonchev–Trinajstić information content (AvgIpc) is 2.42. The van der Waals surface area contributed by atoms with Crippen LogP contribution in [-0.2, 0) is 0 Å². The van der Waals surface area contributed by atoms with Crippen molar-refractivity contribution in [3.8, 4) is 0 Å². The fraction of sp³-hybridized carbons (Fsp3) is 1.00. The largest absolute Gasteiger partial charge is 0.315 e. The van der Waals surface area contributed by atoms with E-state index in [-0.39, 0.29) is 0 Å². The molecule has 0 aromatic heterocycles. The average molecular weight is 283 g/mol. The smallest absolute Gasteiger partial charge is 0.0107 e. The maximum absolute atomic E-state index is 3.68. The van der Waals surface area contributed by atoms with Gasteiger partial charge in [0, 0.05) is 19.1 Å². The fourth-order valence-electron chi connectivity index (χ4n) is 3.33. The lowest BCUT2D eigenvalue weighted by Gasteiger charge is -2.37. The van der Waals surface area contributed by atoms with E-state index in [9.17, 15) is 0 Å². The lowest BCUT2D eigenvalue weighted by atomic mass is 9.70. The molecule has 0 amide bonds. The minimum atomic E-state index is 0.511. The van der Waals surface area contributed by atoms with E-state index in [1.165, 1.54) is 45.2 Å². The van der Waals surface area contributed by atoms with E-state index in [4.69, 9.17) is 0 Å². The molecular weight excluding hydrogens is 244 g/mol. The molecule has 1 fully saturated rings. The Morgan fingerprint density at radius 2 is 1.75 bits per heavy atom. The molecular formula is C18H38N2. The van der Waals surface area contributed by atoms with E-state index < -0.39 is 0 Å². The number of hydrogen-bond acceptors (Lipinski definition) is 2. The van der Waals surface area contributed by atoms with Crippen molar-refractivity contribution in [2.24, 2.45) is 17.3 Å². The zero-order valence-electron chi connectivity index (χ0n) is 14.8. The van der Waals surface area contributed by atoms with Crippen molar-refractivity contribution < 1.29 is 0 Å². The normalized spacial score (nSPS) is 25.9. The van der Waals surface area contributed by atoms with Crippen molar-refractivity contribution >= 4 is 0 Å². The molecule has 0 heterocycles. The highest BCUT2D eigenvalue weighted by atomic mass is 15.1. The quantitative estimate of drug-likeness (QED) is 0.705. The Kier molecular flexibility index (Phi) is 7.53. The van der Waals surface area contributed by atoms with Gasteiger partial charge in [-0.3, -0.25) is 0 Å². The van der Waals surface area contributed by atoms with Gasteiger partial charge in [0.1, 0.15) is 0 Å². The molecule has 0 spiro atoms. The Bertz CT molecular complexity index is 249. The molecule has 1 N–H and O–H groups in total. The fourth-order valence-corrected chi connectivity index (χ4v) is 3.33. The third kappa shape index (κ3) is 6.13. The predicted octanol–water partition coefficient (Wildman–Crippen LogP) is 4.16.